The first-order valence-electron chi connectivity index (χ1n) is 9.81. The first-order valence-corrected chi connectivity index (χ1v) is 9.81. The third-order valence-electron chi connectivity index (χ3n) is 4.98. The van der Waals surface area contributed by atoms with E-state index in [1.807, 2.05) is 43.3 Å². The van der Waals surface area contributed by atoms with E-state index >= 15 is 0 Å². The van der Waals surface area contributed by atoms with Crippen LogP contribution < -0.4 is 15.5 Å². The number of aryl methyl sites for hydroxylation is 1. The molecule has 1 aliphatic rings. The molecule has 1 saturated heterocycles. The van der Waals surface area contributed by atoms with Gasteiger partial charge in [-0.2, -0.15) is 0 Å². The zero-order chi connectivity index (χ0) is 19.9. The van der Waals surface area contributed by atoms with Gasteiger partial charge in [-0.1, -0.05) is 29.8 Å². The molecule has 1 aliphatic heterocycles. The van der Waals surface area contributed by atoms with Crippen LogP contribution in [-0.2, 0) is 16.1 Å². The Bertz CT molecular complexity index is 814. The lowest BCUT2D eigenvalue weighted by atomic mass is 10.0. The zero-order valence-corrected chi connectivity index (χ0v) is 16.6. The van der Waals surface area contributed by atoms with E-state index in [4.69, 9.17) is 0 Å². The second-order valence-electron chi connectivity index (χ2n) is 7.36. The summed E-state index contributed by atoms with van der Waals surface area (Å²) in [5.74, 6) is 0.724. The average Bonchev–Trinajstić information content (AvgIpc) is 3.21. The summed E-state index contributed by atoms with van der Waals surface area (Å²) in [6, 6.07) is 11.5. The van der Waals surface area contributed by atoms with Crippen LogP contribution in [0.25, 0.3) is 0 Å². The van der Waals surface area contributed by atoms with Crippen molar-refractivity contribution in [3.8, 4) is 0 Å². The Kier molecular flexibility index (Phi) is 6.63. The maximum atomic E-state index is 12.5. The highest BCUT2D eigenvalue weighted by Crippen LogP contribution is 2.19. The van der Waals surface area contributed by atoms with Crippen molar-refractivity contribution in [3.63, 3.8) is 0 Å². The van der Waals surface area contributed by atoms with Gasteiger partial charge < -0.3 is 15.5 Å². The Labute approximate surface area is 166 Å². The fourth-order valence-corrected chi connectivity index (χ4v) is 3.44. The first-order chi connectivity index (χ1) is 13.5. The average molecular weight is 380 g/mol. The summed E-state index contributed by atoms with van der Waals surface area (Å²) in [4.78, 5) is 30.8. The van der Waals surface area contributed by atoms with Crippen LogP contribution in [0.15, 0.2) is 42.6 Å². The summed E-state index contributed by atoms with van der Waals surface area (Å²) in [6.45, 7) is 6.00. The minimum atomic E-state index is -0.337. The molecule has 2 heterocycles. The highest BCUT2D eigenvalue weighted by atomic mass is 16.2. The molecule has 28 heavy (non-hydrogen) atoms. The molecular weight excluding hydrogens is 352 g/mol. The normalized spacial score (nSPS) is 14.6. The number of carbonyl (C=O) groups excluding carboxylic acids is 2. The monoisotopic (exact) mass is 380 g/mol. The number of nitrogens with zero attached hydrogens (tertiary/aromatic N) is 2. The Morgan fingerprint density at radius 2 is 1.86 bits per heavy atom. The molecule has 1 aromatic carbocycles. The summed E-state index contributed by atoms with van der Waals surface area (Å²) < 4.78 is 0. The van der Waals surface area contributed by atoms with Crippen LogP contribution in [0.2, 0.25) is 0 Å². The molecule has 2 N–H and O–H groups in total. The van der Waals surface area contributed by atoms with Gasteiger partial charge in [-0.25, -0.2) is 4.98 Å². The molecule has 6 heteroatoms. The predicted octanol–water partition coefficient (Wildman–Crippen LogP) is 2.87. The van der Waals surface area contributed by atoms with Crippen LogP contribution in [0.5, 0.6) is 0 Å². The van der Waals surface area contributed by atoms with E-state index in [9.17, 15) is 9.59 Å². The minimum Gasteiger partial charge on any atom is -0.357 e. The van der Waals surface area contributed by atoms with Crippen molar-refractivity contribution >= 4 is 17.6 Å². The standard InChI is InChI=1S/C22H28N4O2/c1-16-5-7-19(8-6-16)20(25-17(2)27)14-22(28)24-15-18-9-10-23-21(13-18)26-11-3-4-12-26/h5-10,13,20H,3-4,11-12,14-15H2,1-2H3,(H,24,28)(H,25,27). The molecule has 0 radical (unpaired) electrons. The molecule has 0 spiro atoms. The van der Waals surface area contributed by atoms with Gasteiger partial charge in [0, 0.05) is 32.8 Å². The molecule has 3 rings (SSSR count). The van der Waals surface area contributed by atoms with Gasteiger partial charge in [-0.3, -0.25) is 9.59 Å². The maximum absolute atomic E-state index is 12.5. The Hall–Kier alpha value is -2.89. The van der Waals surface area contributed by atoms with E-state index in [1.54, 1.807) is 6.20 Å². The molecule has 1 unspecified atom stereocenters. The molecule has 1 atom stereocenters. The molecule has 0 saturated carbocycles. The lowest BCUT2D eigenvalue weighted by Crippen LogP contribution is -2.32. The van der Waals surface area contributed by atoms with E-state index < -0.39 is 0 Å². The molecule has 0 bridgehead atoms. The molecular formula is C22H28N4O2. The third kappa shape index (κ3) is 5.55. The number of carbonyl (C=O) groups is 2. The van der Waals surface area contributed by atoms with Gasteiger partial charge in [-0.05, 0) is 43.0 Å². The van der Waals surface area contributed by atoms with E-state index in [0.29, 0.717) is 6.54 Å². The maximum Gasteiger partial charge on any atom is 0.222 e. The number of anilines is 1. The van der Waals surface area contributed by atoms with Crippen LogP contribution in [0.3, 0.4) is 0 Å². The van der Waals surface area contributed by atoms with Crippen molar-refractivity contribution in [2.75, 3.05) is 18.0 Å². The predicted molar refractivity (Wildman–Crippen MR) is 110 cm³/mol. The Balaban J connectivity index is 1.59. The summed E-state index contributed by atoms with van der Waals surface area (Å²) in [5, 5.41) is 5.84. The van der Waals surface area contributed by atoms with E-state index in [-0.39, 0.29) is 24.3 Å². The van der Waals surface area contributed by atoms with Crippen LogP contribution >= 0.6 is 0 Å². The van der Waals surface area contributed by atoms with E-state index in [2.05, 4.69) is 20.5 Å². The molecule has 1 aromatic heterocycles. The number of hydrogen-bond acceptors (Lipinski definition) is 4. The number of benzene rings is 1. The molecule has 1 fully saturated rings. The molecule has 2 amide bonds. The number of nitrogens with one attached hydrogen (secondary N) is 2. The smallest absolute Gasteiger partial charge is 0.222 e. The SMILES string of the molecule is CC(=O)NC(CC(=O)NCc1ccnc(N2CCCC2)c1)c1ccc(C)cc1. The fraction of sp³-hybridized carbons (Fsp3) is 0.409. The third-order valence-corrected chi connectivity index (χ3v) is 4.98. The largest absolute Gasteiger partial charge is 0.357 e. The van der Waals surface area contributed by atoms with Crippen LogP contribution in [0, 0.1) is 6.92 Å². The van der Waals surface area contributed by atoms with Crippen molar-refractivity contribution in [2.45, 2.75) is 45.7 Å². The number of rotatable bonds is 7. The quantitative estimate of drug-likeness (QED) is 0.775. The van der Waals surface area contributed by atoms with Crippen LogP contribution in [-0.4, -0.2) is 29.9 Å². The molecule has 0 aliphatic carbocycles. The molecule has 2 aromatic rings. The van der Waals surface area contributed by atoms with Crippen molar-refractivity contribution in [1.82, 2.24) is 15.6 Å². The van der Waals surface area contributed by atoms with E-state index in [1.165, 1.54) is 19.8 Å². The van der Waals surface area contributed by atoms with Gasteiger partial charge in [-0.15, -0.1) is 0 Å². The summed E-state index contributed by atoms with van der Waals surface area (Å²) in [6.07, 6.45) is 4.40. The second kappa shape index (κ2) is 9.35. The van der Waals surface area contributed by atoms with Crippen LogP contribution in [0.1, 0.15) is 48.9 Å². The second-order valence-corrected chi connectivity index (χ2v) is 7.36. The summed E-state index contributed by atoms with van der Waals surface area (Å²) in [7, 11) is 0. The number of amides is 2. The molecule has 148 valence electrons. The molecule has 6 nitrogen and oxygen atoms in total. The topological polar surface area (TPSA) is 74.3 Å². The zero-order valence-electron chi connectivity index (χ0n) is 16.6. The van der Waals surface area contributed by atoms with E-state index in [0.717, 1.165) is 35.6 Å². The Morgan fingerprint density at radius 1 is 1.14 bits per heavy atom. The van der Waals surface area contributed by atoms with Gasteiger partial charge in [0.15, 0.2) is 0 Å². The highest BCUT2D eigenvalue weighted by molar-refractivity contribution is 5.79. The van der Waals surface area contributed by atoms with Gasteiger partial charge in [0.2, 0.25) is 11.8 Å². The van der Waals surface area contributed by atoms with Crippen molar-refractivity contribution in [1.29, 1.82) is 0 Å². The van der Waals surface area contributed by atoms with Crippen molar-refractivity contribution in [2.24, 2.45) is 0 Å². The van der Waals surface area contributed by atoms with Gasteiger partial charge in [0.25, 0.3) is 0 Å². The number of hydrogen-bond donors (Lipinski definition) is 2. The number of aromatic nitrogens is 1. The fourth-order valence-electron chi connectivity index (χ4n) is 3.44. The summed E-state index contributed by atoms with van der Waals surface area (Å²) >= 11 is 0. The van der Waals surface area contributed by atoms with Crippen molar-refractivity contribution in [3.05, 3.63) is 59.3 Å². The first kappa shape index (κ1) is 19.9. The van der Waals surface area contributed by atoms with Gasteiger partial charge in [0.05, 0.1) is 12.5 Å². The van der Waals surface area contributed by atoms with Gasteiger partial charge >= 0.3 is 0 Å². The lowest BCUT2D eigenvalue weighted by molar-refractivity contribution is -0.122. The van der Waals surface area contributed by atoms with Crippen molar-refractivity contribution < 1.29 is 9.59 Å². The minimum absolute atomic E-state index is 0.0983. The lowest BCUT2D eigenvalue weighted by Gasteiger charge is -2.19. The Morgan fingerprint density at radius 3 is 2.54 bits per heavy atom. The number of pyridine rings is 1. The van der Waals surface area contributed by atoms with Crippen LogP contribution in [0.4, 0.5) is 5.82 Å². The van der Waals surface area contributed by atoms with Gasteiger partial charge in [0.1, 0.15) is 5.82 Å². The summed E-state index contributed by atoms with van der Waals surface area (Å²) in [5.41, 5.74) is 3.09. The highest BCUT2D eigenvalue weighted by Gasteiger charge is 2.17.